The molecule has 332 valence electrons. The first-order valence-electron chi connectivity index (χ1n) is 24.7. The van der Waals surface area contributed by atoms with Gasteiger partial charge in [-0.3, -0.25) is 0 Å². The van der Waals surface area contributed by atoms with Crippen molar-refractivity contribution in [2.45, 2.75) is 56.1 Å². The third-order valence-corrected chi connectivity index (χ3v) is 16.8. The lowest BCUT2D eigenvalue weighted by Crippen LogP contribution is -2.36. The molecule has 0 saturated carbocycles. The highest BCUT2D eigenvalue weighted by Gasteiger charge is 2.48. The number of amidine groups is 2. The molecule has 8 unspecified atom stereocenters. The van der Waals surface area contributed by atoms with Gasteiger partial charge in [0.2, 0.25) is 0 Å². The molecule has 1 fully saturated rings. The van der Waals surface area contributed by atoms with Crippen molar-refractivity contribution >= 4 is 44.9 Å². The predicted molar refractivity (Wildman–Crippen MR) is 285 cm³/mol. The lowest BCUT2D eigenvalue weighted by molar-refractivity contribution is 0.307. The second kappa shape index (κ2) is 17.5. The van der Waals surface area contributed by atoms with Crippen molar-refractivity contribution in [3.05, 3.63) is 250 Å². The van der Waals surface area contributed by atoms with Gasteiger partial charge in [-0.2, -0.15) is 0 Å². The van der Waals surface area contributed by atoms with Crippen LogP contribution in [0, 0.1) is 23.7 Å². The number of rotatable bonds is 8. The van der Waals surface area contributed by atoms with Gasteiger partial charge in [0.1, 0.15) is 11.7 Å². The standard InChI is InChI=1S/C63H54N4S/c1-6-19-41(20-7-1)49-30-18-31-50(42-21-8-2-9-22-42)58(49)46-33-35-48(52(40-46)63-65-61(43-23-10-3-11-24-43)64-62(66-63)44-25-12-4-13-26-44)45-34-37-56-53(39-45)60-57(68-56)38-36-55-59(60)51-29-16-17-32-54(51)67(55)47-27-14-5-15-28-47/h1-17,19,21,23-28,30,32-42,50-51,55,58-59,61H,18,20,22,29,31H2,(H,64,65,66). The topological polar surface area (TPSA) is 40.0 Å². The Labute approximate surface area is 404 Å². The quantitative estimate of drug-likeness (QED) is 0.155. The Hall–Kier alpha value is -7.08. The Morgan fingerprint density at radius 1 is 0.632 bits per heavy atom. The first kappa shape index (κ1) is 41.1. The summed E-state index contributed by atoms with van der Waals surface area (Å²) in [6.07, 6.45) is 38.2. The molecule has 7 aliphatic rings. The average Bonchev–Trinajstić information content (AvgIpc) is 3.97. The van der Waals surface area contributed by atoms with Gasteiger partial charge in [-0.05, 0) is 120 Å². The van der Waals surface area contributed by atoms with Gasteiger partial charge in [0, 0.05) is 55.8 Å². The van der Waals surface area contributed by atoms with Gasteiger partial charge >= 0.3 is 0 Å². The van der Waals surface area contributed by atoms with Crippen LogP contribution in [0.5, 0.6) is 0 Å². The van der Waals surface area contributed by atoms with Gasteiger partial charge in [0.15, 0.2) is 6.17 Å². The van der Waals surface area contributed by atoms with Crippen LogP contribution in [0.2, 0.25) is 0 Å². The van der Waals surface area contributed by atoms with Gasteiger partial charge in [0.05, 0.1) is 6.04 Å². The molecule has 0 radical (unpaired) electrons. The summed E-state index contributed by atoms with van der Waals surface area (Å²) in [5, 5.41) is 5.23. The predicted octanol–water partition coefficient (Wildman–Crippen LogP) is 15.2. The van der Waals surface area contributed by atoms with E-state index in [0.29, 0.717) is 29.6 Å². The molecule has 5 aromatic carbocycles. The van der Waals surface area contributed by atoms with Gasteiger partial charge in [-0.15, -0.1) is 11.3 Å². The number of hydrogen-bond donors (Lipinski definition) is 1. The van der Waals surface area contributed by atoms with Crippen LogP contribution in [0.4, 0.5) is 5.69 Å². The highest BCUT2D eigenvalue weighted by atomic mass is 32.1. The molecule has 8 atom stereocenters. The Kier molecular flexibility index (Phi) is 10.6. The zero-order valence-corrected chi connectivity index (χ0v) is 38.9. The van der Waals surface area contributed by atoms with Crippen molar-refractivity contribution in [1.82, 2.24) is 5.32 Å². The van der Waals surface area contributed by atoms with E-state index in [4.69, 9.17) is 9.98 Å². The van der Waals surface area contributed by atoms with Crippen LogP contribution in [0.15, 0.2) is 228 Å². The summed E-state index contributed by atoms with van der Waals surface area (Å²) in [7, 11) is 0. The summed E-state index contributed by atoms with van der Waals surface area (Å²) < 4.78 is 1.34. The van der Waals surface area contributed by atoms with E-state index >= 15 is 0 Å². The fourth-order valence-corrected chi connectivity index (χ4v) is 13.7. The van der Waals surface area contributed by atoms with Crippen LogP contribution in [-0.2, 0) is 0 Å². The summed E-state index contributed by atoms with van der Waals surface area (Å²) in [4.78, 5) is 14.9. The van der Waals surface area contributed by atoms with Crippen molar-refractivity contribution in [1.29, 1.82) is 0 Å². The number of allylic oxidation sites excluding steroid dienone is 14. The minimum absolute atomic E-state index is 0.249. The summed E-state index contributed by atoms with van der Waals surface area (Å²) >= 11 is 1.94. The first-order valence-corrected chi connectivity index (χ1v) is 25.5. The van der Waals surface area contributed by atoms with Crippen LogP contribution < -0.4 is 10.2 Å². The number of thiophene rings is 1. The number of nitrogens with zero attached hydrogens (tertiary/aromatic N) is 3. The molecule has 68 heavy (non-hydrogen) atoms. The number of hydrogen-bond acceptors (Lipinski definition) is 5. The molecule has 3 heterocycles. The van der Waals surface area contributed by atoms with E-state index < -0.39 is 6.17 Å². The van der Waals surface area contributed by atoms with Crippen LogP contribution in [-0.4, -0.2) is 17.7 Å². The Morgan fingerprint density at radius 3 is 2.22 bits per heavy atom. The summed E-state index contributed by atoms with van der Waals surface area (Å²) in [5.41, 5.74) is 12.8. The van der Waals surface area contributed by atoms with E-state index in [-0.39, 0.29) is 12.0 Å². The number of nitrogens with one attached hydrogen (secondary N) is 1. The normalized spacial score (nSPS) is 26.6. The number of fused-ring (bicyclic) bond motifs is 7. The highest BCUT2D eigenvalue weighted by molar-refractivity contribution is 7.20. The molecular weight excluding hydrogens is 845 g/mol. The molecule has 5 aliphatic carbocycles. The Balaban J connectivity index is 0.986. The van der Waals surface area contributed by atoms with Crippen LogP contribution in [0.1, 0.15) is 82.8 Å². The number of para-hydroxylation sites is 1. The van der Waals surface area contributed by atoms with Crippen LogP contribution in [0.25, 0.3) is 27.3 Å². The molecule has 1 N–H and O–H groups in total. The Morgan fingerprint density at radius 2 is 1.41 bits per heavy atom. The maximum atomic E-state index is 5.57. The van der Waals surface area contributed by atoms with E-state index in [2.05, 4.69) is 223 Å². The zero-order valence-electron chi connectivity index (χ0n) is 38.1. The fraction of sp³-hybridized carbons (Fsp3) is 0.206. The molecule has 0 amide bonds. The maximum absolute atomic E-state index is 5.57. The third-order valence-electron chi connectivity index (χ3n) is 15.6. The maximum Gasteiger partial charge on any atom is 0.169 e. The van der Waals surface area contributed by atoms with Crippen molar-refractivity contribution < 1.29 is 0 Å². The zero-order chi connectivity index (χ0) is 45.0. The minimum atomic E-state index is -0.396. The smallest absolute Gasteiger partial charge is 0.169 e. The molecule has 5 heteroatoms. The molecule has 1 saturated heterocycles. The van der Waals surface area contributed by atoms with E-state index in [0.717, 1.165) is 54.0 Å². The minimum Gasteiger partial charge on any atom is -0.337 e. The second-order valence-corrected chi connectivity index (χ2v) is 20.4. The number of aliphatic imine (C=N–C) groups is 2. The molecule has 0 bridgehead atoms. The molecule has 1 aromatic heterocycles. The molecule has 13 rings (SSSR count). The molecule has 6 aromatic rings. The van der Waals surface area contributed by atoms with Gasteiger partial charge < -0.3 is 10.2 Å². The van der Waals surface area contributed by atoms with E-state index in [1.54, 1.807) is 5.57 Å². The van der Waals surface area contributed by atoms with E-state index in [1.807, 2.05) is 11.3 Å². The van der Waals surface area contributed by atoms with Crippen LogP contribution >= 0.6 is 11.3 Å². The molecule has 4 nitrogen and oxygen atoms in total. The van der Waals surface area contributed by atoms with Gasteiger partial charge in [0.25, 0.3) is 0 Å². The van der Waals surface area contributed by atoms with Crippen molar-refractivity contribution in [2.24, 2.45) is 33.7 Å². The third kappa shape index (κ3) is 7.27. The lowest BCUT2D eigenvalue weighted by Gasteiger charge is -2.40. The SMILES string of the molecule is C1=CCC(C2=CCCC(C3C=CC=CC3)C2c2ccc(-c3ccc4sc5c(c4c3)C3C4CC=CC=C4N(c4ccccc4)C3C=C5)c(C3=NC(c4ccccc4)N=C(c4ccccc4)N3)c2)C=C1. The monoisotopic (exact) mass is 898 g/mol. The number of anilines is 1. The molecule has 0 spiro atoms. The first-order chi connectivity index (χ1) is 33.7. The van der Waals surface area contributed by atoms with Crippen LogP contribution in [0.3, 0.4) is 0 Å². The lowest BCUT2D eigenvalue weighted by atomic mass is 9.64. The average molecular weight is 899 g/mol. The highest BCUT2D eigenvalue weighted by Crippen LogP contribution is 2.56. The molecular formula is C63H54N4S. The fourth-order valence-electron chi connectivity index (χ4n) is 12.6. The second-order valence-electron chi connectivity index (χ2n) is 19.4. The Bertz CT molecular complexity index is 3230. The van der Waals surface area contributed by atoms with Crippen molar-refractivity contribution in [3.8, 4) is 11.1 Å². The summed E-state index contributed by atoms with van der Waals surface area (Å²) in [6.45, 7) is 0. The number of benzene rings is 5. The largest absolute Gasteiger partial charge is 0.337 e. The summed E-state index contributed by atoms with van der Waals surface area (Å²) in [6, 6.07) is 47.1. The molecule has 2 aliphatic heterocycles. The van der Waals surface area contributed by atoms with E-state index in [9.17, 15) is 0 Å². The van der Waals surface area contributed by atoms with E-state index in [1.165, 1.54) is 55.0 Å². The van der Waals surface area contributed by atoms with Crippen molar-refractivity contribution in [3.63, 3.8) is 0 Å². The van der Waals surface area contributed by atoms with Crippen molar-refractivity contribution in [2.75, 3.05) is 4.90 Å². The summed E-state index contributed by atoms with van der Waals surface area (Å²) in [5.74, 6) is 4.08. The van der Waals surface area contributed by atoms with Gasteiger partial charge in [-0.1, -0.05) is 176 Å². The van der Waals surface area contributed by atoms with Gasteiger partial charge in [-0.25, -0.2) is 9.98 Å².